The molecular formula is C43H31N3. The van der Waals surface area contributed by atoms with Crippen LogP contribution in [0.3, 0.4) is 0 Å². The molecule has 3 heteroatoms. The summed E-state index contributed by atoms with van der Waals surface area (Å²) in [6.45, 7) is 4.78. The maximum absolute atomic E-state index is 5.18. The van der Waals surface area contributed by atoms with E-state index in [4.69, 9.17) is 4.99 Å². The molecule has 0 amide bonds. The van der Waals surface area contributed by atoms with E-state index in [0.717, 1.165) is 17.1 Å². The largest absolute Gasteiger partial charge is 0.357 e. The van der Waals surface area contributed by atoms with Crippen LogP contribution in [0, 0.1) is 0 Å². The maximum atomic E-state index is 5.18. The maximum Gasteiger partial charge on any atom is 0.134 e. The fourth-order valence-corrected chi connectivity index (χ4v) is 8.45. The normalized spacial score (nSPS) is 17.3. The van der Waals surface area contributed by atoms with Crippen molar-refractivity contribution in [1.29, 1.82) is 0 Å². The zero-order chi connectivity index (χ0) is 30.6. The molecule has 7 aromatic rings. The van der Waals surface area contributed by atoms with Crippen molar-refractivity contribution in [3.8, 4) is 11.1 Å². The Morgan fingerprint density at radius 1 is 0.609 bits per heavy atom. The van der Waals surface area contributed by atoms with Gasteiger partial charge in [-0.05, 0) is 55.9 Å². The van der Waals surface area contributed by atoms with Gasteiger partial charge in [0.2, 0.25) is 0 Å². The molecule has 1 unspecified atom stereocenters. The Bertz CT molecular complexity index is 2440. The number of aliphatic imine (C=N–C) groups is 1. The lowest BCUT2D eigenvalue weighted by Crippen LogP contribution is -2.34. The van der Waals surface area contributed by atoms with E-state index in [9.17, 15) is 0 Å². The SMILES string of the molecule is CC1(C)c2ccccc2-c2ccc3c(c21)C1NC(c2cccc4ccccc24)=NC=C1N3c1c2ccccc2cc2ccccc12. The van der Waals surface area contributed by atoms with E-state index in [-0.39, 0.29) is 11.5 Å². The first kappa shape index (κ1) is 25.6. The third kappa shape index (κ3) is 3.35. The van der Waals surface area contributed by atoms with Crippen LogP contribution in [-0.4, -0.2) is 5.84 Å². The molecule has 1 aliphatic carbocycles. The van der Waals surface area contributed by atoms with Crippen molar-refractivity contribution < 1.29 is 0 Å². The highest BCUT2D eigenvalue weighted by atomic mass is 15.2. The molecule has 218 valence electrons. The van der Waals surface area contributed by atoms with E-state index in [1.54, 1.807) is 0 Å². The molecule has 0 saturated carbocycles. The van der Waals surface area contributed by atoms with Crippen LogP contribution in [0.2, 0.25) is 0 Å². The molecule has 1 atom stereocenters. The standard InChI is InChI=1S/C43H31N3/c1-43(2)35-21-10-9-19-32(35)33-22-23-36-38(39(33)43)40-37(25-44-42(45-40)34-20-11-15-26-12-3-6-16-29(26)34)46(36)41-30-17-7-4-13-27(30)24-28-14-5-8-18-31(28)41/h3-25,40H,1-2H3,(H,44,45). The first-order chi connectivity index (χ1) is 22.6. The van der Waals surface area contributed by atoms with Crippen molar-refractivity contribution in [2.45, 2.75) is 25.3 Å². The third-order valence-corrected chi connectivity index (χ3v) is 10.4. The highest BCUT2D eigenvalue weighted by Gasteiger charge is 2.46. The molecule has 7 aromatic carbocycles. The monoisotopic (exact) mass is 589 g/mol. The van der Waals surface area contributed by atoms with Crippen LogP contribution in [0.15, 0.2) is 150 Å². The van der Waals surface area contributed by atoms with Crippen LogP contribution >= 0.6 is 0 Å². The summed E-state index contributed by atoms with van der Waals surface area (Å²) in [5.74, 6) is 0.909. The number of hydrogen-bond donors (Lipinski definition) is 1. The average molecular weight is 590 g/mol. The molecule has 1 N–H and O–H groups in total. The minimum Gasteiger partial charge on any atom is -0.357 e. The van der Waals surface area contributed by atoms with E-state index in [1.807, 2.05) is 0 Å². The highest BCUT2D eigenvalue weighted by Crippen LogP contribution is 2.59. The molecular weight excluding hydrogens is 558 g/mol. The average Bonchev–Trinajstić information content (AvgIpc) is 3.54. The second kappa shape index (κ2) is 9.18. The van der Waals surface area contributed by atoms with Crippen LogP contribution in [0.1, 0.15) is 42.1 Å². The molecule has 0 saturated heterocycles. The predicted octanol–water partition coefficient (Wildman–Crippen LogP) is 10.5. The number of fused-ring (bicyclic) bond motifs is 10. The van der Waals surface area contributed by atoms with Crippen molar-refractivity contribution in [2.75, 3.05) is 4.90 Å². The molecule has 2 heterocycles. The Labute approximate surface area is 268 Å². The summed E-state index contributed by atoms with van der Waals surface area (Å²) in [4.78, 5) is 7.68. The molecule has 0 aromatic heterocycles. The number of nitrogens with one attached hydrogen (secondary N) is 1. The summed E-state index contributed by atoms with van der Waals surface area (Å²) in [5, 5.41) is 11.4. The molecule has 2 aliphatic heterocycles. The fourth-order valence-electron chi connectivity index (χ4n) is 8.45. The van der Waals surface area contributed by atoms with Gasteiger partial charge in [-0.15, -0.1) is 0 Å². The van der Waals surface area contributed by atoms with Gasteiger partial charge in [0.05, 0.1) is 29.3 Å². The number of hydrogen-bond acceptors (Lipinski definition) is 3. The molecule has 3 aliphatic rings. The van der Waals surface area contributed by atoms with Gasteiger partial charge in [0.25, 0.3) is 0 Å². The van der Waals surface area contributed by atoms with E-state index in [0.29, 0.717) is 0 Å². The molecule has 46 heavy (non-hydrogen) atoms. The van der Waals surface area contributed by atoms with E-state index < -0.39 is 0 Å². The van der Waals surface area contributed by atoms with Gasteiger partial charge in [0.15, 0.2) is 0 Å². The second-order valence-electron chi connectivity index (χ2n) is 13.2. The van der Waals surface area contributed by atoms with Crippen LogP contribution in [-0.2, 0) is 5.41 Å². The lowest BCUT2D eigenvalue weighted by Gasteiger charge is -2.29. The van der Waals surface area contributed by atoms with Gasteiger partial charge in [-0.25, -0.2) is 4.99 Å². The van der Waals surface area contributed by atoms with Crippen LogP contribution in [0.5, 0.6) is 0 Å². The van der Waals surface area contributed by atoms with E-state index in [1.165, 1.54) is 71.5 Å². The lowest BCUT2D eigenvalue weighted by molar-refractivity contribution is 0.636. The number of amidine groups is 1. The quantitative estimate of drug-likeness (QED) is 0.203. The smallest absolute Gasteiger partial charge is 0.134 e. The predicted molar refractivity (Wildman–Crippen MR) is 192 cm³/mol. The van der Waals surface area contributed by atoms with Crippen molar-refractivity contribution in [1.82, 2.24) is 5.32 Å². The van der Waals surface area contributed by atoms with Crippen molar-refractivity contribution >= 4 is 49.5 Å². The van der Waals surface area contributed by atoms with Gasteiger partial charge < -0.3 is 10.2 Å². The first-order valence-electron chi connectivity index (χ1n) is 16.1. The summed E-state index contributed by atoms with van der Waals surface area (Å²) in [6, 6.07) is 48.5. The molecule has 10 rings (SSSR count). The fraction of sp³-hybridized carbons (Fsp3) is 0.0930. The Balaban J connectivity index is 1.29. The van der Waals surface area contributed by atoms with Crippen LogP contribution < -0.4 is 10.2 Å². The van der Waals surface area contributed by atoms with Crippen LogP contribution in [0.25, 0.3) is 43.4 Å². The molecule has 3 nitrogen and oxygen atoms in total. The summed E-state index contributed by atoms with van der Waals surface area (Å²) in [7, 11) is 0. The minimum atomic E-state index is -0.158. The van der Waals surface area contributed by atoms with E-state index >= 15 is 0 Å². The minimum absolute atomic E-state index is 0.0669. The van der Waals surface area contributed by atoms with Crippen molar-refractivity contribution in [3.05, 3.63) is 168 Å². The second-order valence-corrected chi connectivity index (χ2v) is 13.2. The Morgan fingerprint density at radius 3 is 2.02 bits per heavy atom. The molecule has 0 bridgehead atoms. The topological polar surface area (TPSA) is 27.6 Å². The van der Waals surface area contributed by atoms with Gasteiger partial charge in [0, 0.05) is 27.3 Å². The number of nitrogens with zero attached hydrogens (tertiary/aromatic N) is 2. The Hall–Kier alpha value is -5.67. The number of rotatable bonds is 2. The number of benzene rings is 7. The summed E-state index contributed by atoms with van der Waals surface area (Å²) < 4.78 is 0. The summed E-state index contributed by atoms with van der Waals surface area (Å²) >= 11 is 0. The zero-order valence-electron chi connectivity index (χ0n) is 25.8. The number of anilines is 2. The first-order valence-corrected chi connectivity index (χ1v) is 16.1. The van der Waals surface area contributed by atoms with E-state index in [2.05, 4.69) is 164 Å². The van der Waals surface area contributed by atoms with Crippen molar-refractivity contribution in [2.24, 2.45) is 4.99 Å². The molecule has 0 fully saturated rings. The highest BCUT2D eigenvalue weighted by molar-refractivity contribution is 6.15. The van der Waals surface area contributed by atoms with Gasteiger partial charge in [-0.1, -0.05) is 135 Å². The molecule has 0 spiro atoms. The van der Waals surface area contributed by atoms with Crippen LogP contribution in [0.4, 0.5) is 11.4 Å². The Morgan fingerprint density at radius 2 is 1.24 bits per heavy atom. The zero-order valence-corrected chi connectivity index (χ0v) is 25.8. The van der Waals surface area contributed by atoms with Gasteiger partial charge in [-0.2, -0.15) is 0 Å². The lowest BCUT2D eigenvalue weighted by atomic mass is 9.78. The van der Waals surface area contributed by atoms with Crippen molar-refractivity contribution in [3.63, 3.8) is 0 Å². The third-order valence-electron chi connectivity index (χ3n) is 10.4. The van der Waals surface area contributed by atoms with Gasteiger partial charge in [0.1, 0.15) is 5.84 Å². The summed E-state index contributed by atoms with van der Waals surface area (Å²) in [6.07, 6.45) is 2.12. The van der Waals surface area contributed by atoms with Gasteiger partial charge >= 0.3 is 0 Å². The summed E-state index contributed by atoms with van der Waals surface area (Å²) in [5.41, 5.74) is 11.4. The molecule has 0 radical (unpaired) electrons. The van der Waals surface area contributed by atoms with Gasteiger partial charge in [-0.3, -0.25) is 0 Å². The Kier molecular flexibility index (Phi) is 5.12.